The van der Waals surface area contributed by atoms with Crippen LogP contribution < -0.4 is 5.32 Å². The minimum Gasteiger partial charge on any atom is -0.314 e. The molecule has 0 bridgehead atoms. The lowest BCUT2D eigenvalue weighted by atomic mass is 10.00. The minimum absolute atomic E-state index is 0.875. The van der Waals surface area contributed by atoms with Gasteiger partial charge in [0.15, 0.2) is 0 Å². The Morgan fingerprint density at radius 1 is 1.06 bits per heavy atom. The first-order valence-electron chi connectivity index (χ1n) is 7.55. The van der Waals surface area contributed by atoms with Gasteiger partial charge in [-0.3, -0.25) is 0 Å². The van der Waals surface area contributed by atoms with Crippen molar-refractivity contribution in [3.63, 3.8) is 0 Å². The Morgan fingerprint density at radius 3 is 2.61 bits per heavy atom. The Kier molecular flexibility index (Phi) is 5.25. The van der Waals surface area contributed by atoms with Gasteiger partial charge in [-0.15, -0.1) is 0 Å². The van der Waals surface area contributed by atoms with Gasteiger partial charge in [0.05, 0.1) is 0 Å². The standard InChI is InChI=1S/C17H27N/c1-14-8-9-15(2)16(13-14)7-5-3-4-6-12-18-17-10-11-17/h8-9,13,17-18H,3-7,10-12H2,1-2H3. The molecular weight excluding hydrogens is 218 g/mol. The number of unbranched alkanes of at least 4 members (excludes halogenated alkanes) is 3. The molecule has 1 aromatic carbocycles. The molecule has 0 heterocycles. The van der Waals surface area contributed by atoms with Crippen LogP contribution in [0.3, 0.4) is 0 Å². The molecule has 1 aliphatic rings. The normalized spacial score (nSPS) is 15.0. The van der Waals surface area contributed by atoms with Gasteiger partial charge in [-0.05, 0) is 63.6 Å². The minimum atomic E-state index is 0.875. The van der Waals surface area contributed by atoms with E-state index in [0.29, 0.717) is 0 Å². The maximum atomic E-state index is 3.58. The molecule has 18 heavy (non-hydrogen) atoms. The van der Waals surface area contributed by atoms with Crippen LogP contribution in [0.4, 0.5) is 0 Å². The zero-order valence-corrected chi connectivity index (χ0v) is 12.0. The van der Waals surface area contributed by atoms with Crippen LogP contribution >= 0.6 is 0 Å². The van der Waals surface area contributed by atoms with Crippen molar-refractivity contribution >= 4 is 0 Å². The van der Waals surface area contributed by atoms with Gasteiger partial charge in [-0.2, -0.15) is 0 Å². The topological polar surface area (TPSA) is 12.0 Å². The van der Waals surface area contributed by atoms with Crippen molar-refractivity contribution in [1.82, 2.24) is 5.32 Å². The molecule has 1 nitrogen and oxygen atoms in total. The summed E-state index contributed by atoms with van der Waals surface area (Å²) in [5.41, 5.74) is 4.39. The third-order valence-corrected chi connectivity index (χ3v) is 3.89. The summed E-state index contributed by atoms with van der Waals surface area (Å²) in [5.74, 6) is 0. The molecule has 1 heteroatoms. The number of rotatable bonds is 8. The first-order valence-corrected chi connectivity index (χ1v) is 7.55. The summed E-state index contributed by atoms with van der Waals surface area (Å²) >= 11 is 0. The predicted molar refractivity (Wildman–Crippen MR) is 79.1 cm³/mol. The molecule has 1 aliphatic carbocycles. The summed E-state index contributed by atoms with van der Waals surface area (Å²) in [6.07, 6.45) is 9.52. The molecule has 0 saturated heterocycles. The molecule has 0 atom stereocenters. The van der Waals surface area contributed by atoms with E-state index in [2.05, 4.69) is 37.4 Å². The Labute approximate surface area is 112 Å². The fourth-order valence-electron chi connectivity index (χ4n) is 2.46. The quantitative estimate of drug-likeness (QED) is 0.678. The van der Waals surface area contributed by atoms with Crippen LogP contribution in [0.15, 0.2) is 18.2 Å². The van der Waals surface area contributed by atoms with E-state index in [1.807, 2.05) is 0 Å². The van der Waals surface area contributed by atoms with E-state index in [-0.39, 0.29) is 0 Å². The van der Waals surface area contributed by atoms with Gasteiger partial charge in [-0.25, -0.2) is 0 Å². The highest BCUT2D eigenvalue weighted by Crippen LogP contribution is 2.18. The highest BCUT2D eigenvalue weighted by atomic mass is 14.9. The fraction of sp³-hybridized carbons (Fsp3) is 0.647. The van der Waals surface area contributed by atoms with Crippen molar-refractivity contribution in [2.24, 2.45) is 0 Å². The third-order valence-electron chi connectivity index (χ3n) is 3.89. The first-order chi connectivity index (χ1) is 8.75. The van der Waals surface area contributed by atoms with Crippen LogP contribution in [0.5, 0.6) is 0 Å². The number of nitrogens with one attached hydrogen (secondary N) is 1. The second kappa shape index (κ2) is 6.94. The third kappa shape index (κ3) is 4.81. The molecule has 1 fully saturated rings. The molecular formula is C17H27N. The predicted octanol–water partition coefficient (Wildman–Crippen LogP) is 4.16. The van der Waals surface area contributed by atoms with E-state index in [1.54, 1.807) is 5.56 Å². The summed E-state index contributed by atoms with van der Waals surface area (Å²) in [6.45, 7) is 5.65. The van der Waals surface area contributed by atoms with Crippen LogP contribution in [0, 0.1) is 13.8 Å². The lowest BCUT2D eigenvalue weighted by Crippen LogP contribution is -2.17. The number of hydrogen-bond acceptors (Lipinski definition) is 1. The van der Waals surface area contributed by atoms with E-state index in [1.165, 1.54) is 62.6 Å². The van der Waals surface area contributed by atoms with Crippen molar-refractivity contribution in [1.29, 1.82) is 0 Å². The van der Waals surface area contributed by atoms with Crippen molar-refractivity contribution in [2.45, 2.75) is 64.8 Å². The van der Waals surface area contributed by atoms with Crippen LogP contribution in [0.1, 0.15) is 55.2 Å². The monoisotopic (exact) mass is 245 g/mol. The first kappa shape index (κ1) is 13.6. The molecule has 0 spiro atoms. The fourth-order valence-corrected chi connectivity index (χ4v) is 2.46. The maximum absolute atomic E-state index is 3.58. The Morgan fingerprint density at radius 2 is 1.83 bits per heavy atom. The molecule has 0 aromatic heterocycles. The lowest BCUT2D eigenvalue weighted by Gasteiger charge is -2.07. The van der Waals surface area contributed by atoms with Crippen LogP contribution in [0.2, 0.25) is 0 Å². The number of benzene rings is 1. The van der Waals surface area contributed by atoms with E-state index >= 15 is 0 Å². The summed E-state index contributed by atoms with van der Waals surface area (Å²) in [4.78, 5) is 0. The van der Waals surface area contributed by atoms with Crippen LogP contribution in [-0.2, 0) is 6.42 Å². The molecule has 2 rings (SSSR count). The molecule has 0 radical (unpaired) electrons. The van der Waals surface area contributed by atoms with Crippen LogP contribution in [0.25, 0.3) is 0 Å². The second-order valence-corrected chi connectivity index (χ2v) is 5.82. The van der Waals surface area contributed by atoms with Crippen molar-refractivity contribution < 1.29 is 0 Å². The van der Waals surface area contributed by atoms with Crippen LogP contribution in [-0.4, -0.2) is 12.6 Å². The highest BCUT2D eigenvalue weighted by Gasteiger charge is 2.19. The Hall–Kier alpha value is -0.820. The smallest absolute Gasteiger partial charge is 0.00682 e. The zero-order chi connectivity index (χ0) is 12.8. The molecule has 0 amide bonds. The average molecular weight is 245 g/mol. The molecule has 1 aromatic rings. The van der Waals surface area contributed by atoms with Gasteiger partial charge in [0.25, 0.3) is 0 Å². The SMILES string of the molecule is Cc1ccc(C)c(CCCCCCNC2CC2)c1. The summed E-state index contributed by atoms with van der Waals surface area (Å²) < 4.78 is 0. The van der Waals surface area contributed by atoms with Crippen molar-refractivity contribution in [2.75, 3.05) is 6.54 Å². The Balaban J connectivity index is 1.55. The van der Waals surface area contributed by atoms with Crippen molar-refractivity contribution in [3.8, 4) is 0 Å². The van der Waals surface area contributed by atoms with Gasteiger partial charge < -0.3 is 5.32 Å². The maximum Gasteiger partial charge on any atom is 0.00682 e. The summed E-state index contributed by atoms with van der Waals surface area (Å²) in [7, 11) is 0. The average Bonchev–Trinajstić information content (AvgIpc) is 3.16. The zero-order valence-electron chi connectivity index (χ0n) is 12.0. The summed E-state index contributed by atoms with van der Waals surface area (Å²) in [5, 5.41) is 3.58. The molecule has 0 unspecified atom stereocenters. The van der Waals surface area contributed by atoms with E-state index in [9.17, 15) is 0 Å². The summed E-state index contributed by atoms with van der Waals surface area (Å²) in [6, 6.07) is 7.69. The van der Waals surface area contributed by atoms with E-state index in [0.717, 1.165) is 6.04 Å². The number of aryl methyl sites for hydroxylation is 3. The molecule has 100 valence electrons. The van der Waals surface area contributed by atoms with Gasteiger partial charge in [0.2, 0.25) is 0 Å². The molecule has 1 N–H and O–H groups in total. The molecule has 0 aliphatic heterocycles. The van der Waals surface area contributed by atoms with E-state index in [4.69, 9.17) is 0 Å². The van der Waals surface area contributed by atoms with E-state index < -0.39 is 0 Å². The Bertz CT molecular complexity index is 366. The van der Waals surface area contributed by atoms with Gasteiger partial charge in [-0.1, -0.05) is 36.6 Å². The van der Waals surface area contributed by atoms with Gasteiger partial charge in [0, 0.05) is 6.04 Å². The van der Waals surface area contributed by atoms with Gasteiger partial charge >= 0.3 is 0 Å². The number of hydrogen-bond donors (Lipinski definition) is 1. The van der Waals surface area contributed by atoms with Crippen molar-refractivity contribution in [3.05, 3.63) is 34.9 Å². The molecule has 1 saturated carbocycles. The second-order valence-electron chi connectivity index (χ2n) is 5.82. The highest BCUT2D eigenvalue weighted by molar-refractivity contribution is 5.30. The lowest BCUT2D eigenvalue weighted by molar-refractivity contribution is 0.585. The largest absolute Gasteiger partial charge is 0.314 e. The van der Waals surface area contributed by atoms with Gasteiger partial charge in [0.1, 0.15) is 0 Å².